The van der Waals surface area contributed by atoms with Crippen LogP contribution in [0.25, 0.3) is 11.3 Å². The molecule has 0 bridgehead atoms. The van der Waals surface area contributed by atoms with Gasteiger partial charge in [0.1, 0.15) is 11.5 Å². The van der Waals surface area contributed by atoms with E-state index in [0.717, 1.165) is 54.4 Å². The predicted octanol–water partition coefficient (Wildman–Crippen LogP) is 3.74. The van der Waals surface area contributed by atoms with Gasteiger partial charge in [-0.15, -0.1) is 0 Å². The third-order valence-corrected chi connectivity index (χ3v) is 6.52. The van der Waals surface area contributed by atoms with Crippen LogP contribution in [-0.2, 0) is 10.2 Å². The van der Waals surface area contributed by atoms with Gasteiger partial charge in [0.05, 0.1) is 25.3 Å². The fourth-order valence-corrected chi connectivity index (χ4v) is 4.38. The second-order valence-corrected chi connectivity index (χ2v) is 8.37. The molecule has 2 aromatic carbocycles. The minimum atomic E-state index is -0.539. The van der Waals surface area contributed by atoms with Crippen molar-refractivity contribution in [2.24, 2.45) is 0 Å². The van der Waals surface area contributed by atoms with Gasteiger partial charge >= 0.3 is 0 Å². The number of anilines is 1. The van der Waals surface area contributed by atoms with Crippen LogP contribution < -0.4 is 14.4 Å². The zero-order valence-electron chi connectivity index (χ0n) is 18.4. The molecular weight excluding hydrogens is 406 g/mol. The molecule has 2 heterocycles. The summed E-state index contributed by atoms with van der Waals surface area (Å²) in [4.78, 5) is 17.7. The summed E-state index contributed by atoms with van der Waals surface area (Å²) in [6, 6.07) is 17.6. The summed E-state index contributed by atoms with van der Waals surface area (Å²) >= 11 is 0. The van der Waals surface area contributed by atoms with Gasteiger partial charge in [-0.05, 0) is 49.2 Å². The Morgan fingerprint density at radius 3 is 2.31 bits per heavy atom. The fourth-order valence-electron chi connectivity index (χ4n) is 4.38. The van der Waals surface area contributed by atoms with E-state index in [1.54, 1.807) is 14.2 Å². The quantitative estimate of drug-likeness (QED) is 0.590. The number of amides is 1. The molecule has 0 radical (unpaired) electrons. The lowest BCUT2D eigenvalue weighted by Crippen LogP contribution is -2.51. The average Bonchev–Trinajstić information content (AvgIpc) is 3.52. The molecule has 1 aromatic heterocycles. The Labute approximate surface area is 187 Å². The Balaban J connectivity index is 1.26. The van der Waals surface area contributed by atoms with E-state index in [1.165, 1.54) is 0 Å². The first-order chi connectivity index (χ1) is 15.6. The zero-order chi connectivity index (χ0) is 22.1. The second-order valence-electron chi connectivity index (χ2n) is 8.37. The molecule has 1 saturated carbocycles. The van der Waals surface area contributed by atoms with Crippen molar-refractivity contribution in [2.75, 3.05) is 45.3 Å². The first-order valence-corrected chi connectivity index (χ1v) is 10.9. The second kappa shape index (κ2) is 8.22. The summed E-state index contributed by atoms with van der Waals surface area (Å²) in [7, 11) is 3.30. The largest absolute Gasteiger partial charge is 0.497 e. The Morgan fingerprint density at radius 2 is 1.66 bits per heavy atom. The number of carbonyl (C=O) groups excluding carboxylic acids is 1. The first-order valence-electron chi connectivity index (χ1n) is 10.9. The van der Waals surface area contributed by atoms with E-state index in [0.29, 0.717) is 18.8 Å². The van der Waals surface area contributed by atoms with Crippen LogP contribution in [0.3, 0.4) is 0 Å². The van der Waals surface area contributed by atoms with Crippen molar-refractivity contribution in [2.45, 2.75) is 18.3 Å². The van der Waals surface area contributed by atoms with Gasteiger partial charge in [-0.1, -0.05) is 17.3 Å². The smallest absolute Gasteiger partial charge is 0.235 e. The van der Waals surface area contributed by atoms with Crippen LogP contribution >= 0.6 is 0 Å². The highest BCUT2D eigenvalue weighted by Gasteiger charge is 2.55. The number of rotatable bonds is 6. The van der Waals surface area contributed by atoms with E-state index >= 15 is 0 Å². The third kappa shape index (κ3) is 3.68. The van der Waals surface area contributed by atoms with Gasteiger partial charge in [0.2, 0.25) is 5.91 Å². The van der Waals surface area contributed by atoms with E-state index in [9.17, 15) is 4.79 Å². The SMILES string of the molecule is COc1ccc(N2CCN(C(=O)C3(c4cc(-c5cccc(OC)c5)on4)CC3)CC2)cc1. The average molecular weight is 434 g/mol. The highest BCUT2D eigenvalue weighted by Crippen LogP contribution is 2.50. The minimum Gasteiger partial charge on any atom is -0.497 e. The van der Waals surface area contributed by atoms with Gasteiger partial charge in [0.15, 0.2) is 5.76 Å². The van der Waals surface area contributed by atoms with Crippen molar-refractivity contribution in [3.63, 3.8) is 0 Å². The third-order valence-electron chi connectivity index (χ3n) is 6.52. The maximum atomic E-state index is 13.4. The Morgan fingerprint density at radius 1 is 0.938 bits per heavy atom. The molecule has 32 heavy (non-hydrogen) atoms. The number of aromatic nitrogens is 1. The van der Waals surface area contributed by atoms with E-state index in [4.69, 9.17) is 14.0 Å². The molecule has 7 nitrogen and oxygen atoms in total. The Hall–Kier alpha value is -3.48. The minimum absolute atomic E-state index is 0.164. The van der Waals surface area contributed by atoms with E-state index < -0.39 is 5.41 Å². The topological polar surface area (TPSA) is 68.0 Å². The standard InChI is InChI=1S/C25H27N3O4/c1-30-20-8-6-19(7-9-20)27-12-14-28(15-13-27)24(29)25(10-11-25)23-17-22(32-26-23)18-4-3-5-21(16-18)31-2/h3-9,16-17H,10-15H2,1-2H3. The normalized spacial score (nSPS) is 17.2. The number of nitrogens with zero attached hydrogens (tertiary/aromatic N) is 3. The number of methoxy groups -OCH3 is 2. The van der Waals surface area contributed by atoms with Crippen LogP contribution in [0.1, 0.15) is 18.5 Å². The molecule has 166 valence electrons. The van der Waals surface area contributed by atoms with Crippen molar-refractivity contribution >= 4 is 11.6 Å². The molecule has 1 aliphatic heterocycles. The Bertz CT molecular complexity index is 1100. The van der Waals surface area contributed by atoms with E-state index in [2.05, 4.69) is 22.2 Å². The molecule has 0 atom stereocenters. The van der Waals surface area contributed by atoms with Gasteiger partial charge in [-0.3, -0.25) is 4.79 Å². The van der Waals surface area contributed by atoms with Gasteiger partial charge in [-0.2, -0.15) is 0 Å². The summed E-state index contributed by atoms with van der Waals surface area (Å²) in [6.07, 6.45) is 1.63. The van der Waals surface area contributed by atoms with Crippen molar-refractivity contribution in [1.82, 2.24) is 10.1 Å². The molecule has 5 rings (SSSR count). The van der Waals surface area contributed by atoms with Crippen LogP contribution in [0.2, 0.25) is 0 Å². The maximum Gasteiger partial charge on any atom is 0.235 e. The molecule has 7 heteroatoms. The summed E-state index contributed by atoms with van der Waals surface area (Å²) < 4.78 is 16.2. The molecule has 3 aromatic rings. The summed E-state index contributed by atoms with van der Waals surface area (Å²) in [5, 5.41) is 4.29. The van der Waals surface area contributed by atoms with Crippen molar-refractivity contribution in [1.29, 1.82) is 0 Å². The monoisotopic (exact) mass is 433 g/mol. The molecule has 0 spiro atoms. The van der Waals surface area contributed by atoms with E-state index in [-0.39, 0.29) is 5.91 Å². The molecule has 2 fully saturated rings. The van der Waals surface area contributed by atoms with E-state index in [1.807, 2.05) is 47.4 Å². The highest BCUT2D eigenvalue weighted by molar-refractivity contribution is 5.91. The summed E-state index contributed by atoms with van der Waals surface area (Å²) in [5.74, 6) is 2.42. The van der Waals surface area contributed by atoms with Gasteiger partial charge < -0.3 is 23.8 Å². The molecule has 1 amide bonds. The first kappa shape index (κ1) is 20.4. The molecule has 1 saturated heterocycles. The predicted molar refractivity (Wildman–Crippen MR) is 121 cm³/mol. The molecule has 0 N–H and O–H groups in total. The van der Waals surface area contributed by atoms with Crippen LogP contribution in [0.4, 0.5) is 5.69 Å². The number of benzene rings is 2. The maximum absolute atomic E-state index is 13.4. The van der Waals surface area contributed by atoms with Gasteiger partial charge in [0, 0.05) is 43.5 Å². The lowest BCUT2D eigenvalue weighted by Gasteiger charge is -2.37. The van der Waals surface area contributed by atoms with Crippen LogP contribution in [0.15, 0.2) is 59.1 Å². The van der Waals surface area contributed by atoms with Crippen LogP contribution in [0.5, 0.6) is 11.5 Å². The summed E-state index contributed by atoms with van der Waals surface area (Å²) in [5.41, 5.74) is 2.24. The highest BCUT2D eigenvalue weighted by atomic mass is 16.5. The van der Waals surface area contributed by atoms with Crippen LogP contribution in [-0.4, -0.2) is 56.4 Å². The number of piperazine rings is 1. The Kier molecular flexibility index (Phi) is 5.25. The molecule has 0 unspecified atom stereocenters. The lowest BCUT2D eigenvalue weighted by molar-refractivity contribution is -0.134. The zero-order valence-corrected chi connectivity index (χ0v) is 18.4. The molecular formula is C25H27N3O4. The molecule has 2 aliphatic rings. The summed E-state index contributed by atoms with van der Waals surface area (Å²) in [6.45, 7) is 3.02. The van der Waals surface area contributed by atoms with Crippen molar-refractivity contribution in [3.8, 4) is 22.8 Å². The number of carbonyl (C=O) groups is 1. The van der Waals surface area contributed by atoms with Gasteiger partial charge in [-0.25, -0.2) is 0 Å². The lowest BCUT2D eigenvalue weighted by atomic mass is 9.99. The van der Waals surface area contributed by atoms with Crippen molar-refractivity contribution < 1.29 is 18.8 Å². The number of hydrogen-bond donors (Lipinski definition) is 0. The van der Waals surface area contributed by atoms with Crippen LogP contribution in [0, 0.1) is 0 Å². The molecule has 1 aliphatic carbocycles. The fraction of sp³-hybridized carbons (Fsp3) is 0.360. The number of hydrogen-bond acceptors (Lipinski definition) is 6. The van der Waals surface area contributed by atoms with Gasteiger partial charge in [0.25, 0.3) is 0 Å². The number of ether oxygens (including phenoxy) is 2. The van der Waals surface area contributed by atoms with Crippen molar-refractivity contribution in [3.05, 3.63) is 60.3 Å².